The van der Waals surface area contributed by atoms with Gasteiger partial charge in [0.05, 0.1) is 0 Å². The highest BCUT2D eigenvalue weighted by atomic mass is 16.6. The molecule has 1 aliphatic rings. The van der Waals surface area contributed by atoms with Crippen molar-refractivity contribution in [3.63, 3.8) is 0 Å². The van der Waals surface area contributed by atoms with E-state index in [1.807, 2.05) is 13.8 Å². The van der Waals surface area contributed by atoms with Gasteiger partial charge in [-0.15, -0.1) is 0 Å². The van der Waals surface area contributed by atoms with Gasteiger partial charge in [-0.1, -0.05) is 57.7 Å². The van der Waals surface area contributed by atoms with Gasteiger partial charge in [-0.2, -0.15) is 0 Å². The molecule has 0 spiro atoms. The van der Waals surface area contributed by atoms with Gasteiger partial charge >= 0.3 is 6.09 Å². The number of nitrogens with one attached hydrogen (secondary N) is 2. The van der Waals surface area contributed by atoms with Gasteiger partial charge in [0, 0.05) is 17.6 Å². The Kier molecular flexibility index (Phi) is 10.2. The SMILES string of the molecule is C#CN(C(=O)C(CC(C)C)NC(=O)OC(C)(C)C)C(C(=O)NC1CCCCC1)c1cccc(C)c1O. The maximum atomic E-state index is 13.8. The van der Waals surface area contributed by atoms with E-state index in [0.717, 1.165) is 37.0 Å². The number of carbonyl (C=O) groups excluding carboxylic acids is 3. The largest absolute Gasteiger partial charge is 0.507 e. The normalized spacial score (nSPS) is 15.9. The Morgan fingerprint density at radius 2 is 1.83 bits per heavy atom. The number of ether oxygens (including phenoxy) is 1. The summed E-state index contributed by atoms with van der Waals surface area (Å²) in [5, 5.41) is 16.5. The van der Waals surface area contributed by atoms with E-state index in [-0.39, 0.29) is 29.7 Å². The fraction of sp³-hybridized carbons (Fsp3) is 0.607. The molecule has 1 aromatic carbocycles. The third-order valence-corrected chi connectivity index (χ3v) is 6.09. The Hall–Kier alpha value is -3.21. The number of aryl methyl sites for hydroxylation is 1. The highest BCUT2D eigenvalue weighted by Crippen LogP contribution is 2.33. The number of nitrogens with zero attached hydrogens (tertiary/aromatic N) is 1. The van der Waals surface area contributed by atoms with Crippen LogP contribution in [0.15, 0.2) is 18.2 Å². The molecule has 8 heteroatoms. The van der Waals surface area contributed by atoms with Gasteiger partial charge in [0.2, 0.25) is 5.91 Å². The first-order chi connectivity index (χ1) is 16.8. The van der Waals surface area contributed by atoms with Gasteiger partial charge in [-0.05, 0) is 58.4 Å². The van der Waals surface area contributed by atoms with Crippen LogP contribution in [0.25, 0.3) is 0 Å². The molecule has 3 amide bonds. The number of benzene rings is 1. The first-order valence-corrected chi connectivity index (χ1v) is 12.7. The van der Waals surface area contributed by atoms with Crippen molar-refractivity contribution in [2.24, 2.45) is 5.92 Å². The molecule has 1 aromatic rings. The maximum Gasteiger partial charge on any atom is 0.408 e. The van der Waals surface area contributed by atoms with Gasteiger partial charge < -0.3 is 20.5 Å². The van der Waals surface area contributed by atoms with Crippen LogP contribution in [-0.2, 0) is 14.3 Å². The third-order valence-electron chi connectivity index (χ3n) is 6.09. The zero-order valence-corrected chi connectivity index (χ0v) is 22.4. The number of para-hydroxylation sites is 1. The highest BCUT2D eigenvalue weighted by molar-refractivity contribution is 5.93. The van der Waals surface area contributed by atoms with E-state index in [0.29, 0.717) is 5.56 Å². The summed E-state index contributed by atoms with van der Waals surface area (Å²) < 4.78 is 5.35. The van der Waals surface area contributed by atoms with Crippen LogP contribution < -0.4 is 10.6 Å². The summed E-state index contributed by atoms with van der Waals surface area (Å²) in [6.45, 7) is 10.7. The first kappa shape index (κ1) is 29.0. The fourth-order valence-electron chi connectivity index (χ4n) is 4.40. The zero-order valence-electron chi connectivity index (χ0n) is 22.4. The van der Waals surface area contributed by atoms with Gasteiger partial charge in [0.1, 0.15) is 17.4 Å². The molecule has 1 fully saturated rings. The van der Waals surface area contributed by atoms with Gasteiger partial charge in [-0.25, -0.2) is 4.79 Å². The van der Waals surface area contributed by atoms with Crippen LogP contribution >= 0.6 is 0 Å². The van der Waals surface area contributed by atoms with E-state index >= 15 is 0 Å². The number of rotatable bonds is 8. The number of terminal acetylenes is 1. The van der Waals surface area contributed by atoms with E-state index in [9.17, 15) is 19.5 Å². The Balaban J connectivity index is 2.44. The molecule has 36 heavy (non-hydrogen) atoms. The number of phenolic OH excluding ortho intramolecular Hbond substituents is 1. The summed E-state index contributed by atoms with van der Waals surface area (Å²) in [7, 11) is 0. The van der Waals surface area contributed by atoms with E-state index < -0.39 is 35.6 Å². The van der Waals surface area contributed by atoms with Crippen molar-refractivity contribution in [2.45, 2.75) is 104 Å². The van der Waals surface area contributed by atoms with Gasteiger partial charge in [0.15, 0.2) is 6.04 Å². The minimum absolute atomic E-state index is 0.0261. The lowest BCUT2D eigenvalue weighted by atomic mass is 9.94. The fourth-order valence-corrected chi connectivity index (χ4v) is 4.40. The van der Waals surface area contributed by atoms with Crippen LogP contribution in [0.2, 0.25) is 0 Å². The van der Waals surface area contributed by atoms with Crippen molar-refractivity contribution in [3.05, 3.63) is 29.3 Å². The topological polar surface area (TPSA) is 108 Å². The van der Waals surface area contributed by atoms with Crippen LogP contribution in [0, 0.1) is 25.3 Å². The first-order valence-electron chi connectivity index (χ1n) is 12.7. The summed E-state index contributed by atoms with van der Waals surface area (Å²) >= 11 is 0. The average Bonchev–Trinajstić information content (AvgIpc) is 2.77. The quantitative estimate of drug-likeness (QED) is 0.359. The number of carbonyl (C=O) groups is 3. The lowest BCUT2D eigenvalue weighted by Crippen LogP contribution is -2.52. The minimum atomic E-state index is -1.26. The van der Waals surface area contributed by atoms with Crippen molar-refractivity contribution in [3.8, 4) is 18.2 Å². The molecule has 0 radical (unpaired) electrons. The van der Waals surface area contributed by atoms with Crippen molar-refractivity contribution in [2.75, 3.05) is 0 Å². The number of phenols is 1. The van der Waals surface area contributed by atoms with E-state index in [2.05, 4.69) is 16.7 Å². The second-order valence-corrected chi connectivity index (χ2v) is 10.9. The molecule has 0 aliphatic heterocycles. The van der Waals surface area contributed by atoms with Crippen molar-refractivity contribution < 1.29 is 24.2 Å². The average molecular weight is 500 g/mol. The Morgan fingerprint density at radius 1 is 1.19 bits per heavy atom. The second-order valence-electron chi connectivity index (χ2n) is 10.9. The predicted molar refractivity (Wildman–Crippen MR) is 139 cm³/mol. The van der Waals surface area contributed by atoms with Crippen LogP contribution in [0.4, 0.5) is 4.79 Å². The lowest BCUT2D eigenvalue weighted by molar-refractivity contribution is -0.139. The molecule has 2 unspecified atom stereocenters. The molecule has 1 aliphatic carbocycles. The molecule has 8 nitrogen and oxygen atoms in total. The van der Waals surface area contributed by atoms with E-state index in [4.69, 9.17) is 11.2 Å². The monoisotopic (exact) mass is 499 g/mol. The number of hydrogen-bond donors (Lipinski definition) is 3. The Bertz CT molecular complexity index is 970. The maximum absolute atomic E-state index is 13.8. The molecule has 0 heterocycles. The summed E-state index contributed by atoms with van der Waals surface area (Å²) in [6, 6.07) is 5.05. The minimum Gasteiger partial charge on any atom is -0.507 e. The molecular weight excluding hydrogens is 458 g/mol. The lowest BCUT2D eigenvalue weighted by Gasteiger charge is -2.33. The van der Waals surface area contributed by atoms with Crippen LogP contribution in [0.3, 0.4) is 0 Å². The molecule has 0 saturated heterocycles. The smallest absolute Gasteiger partial charge is 0.408 e. The summed E-state index contributed by atoms with van der Waals surface area (Å²) in [5.41, 5.74) is 0.0325. The summed E-state index contributed by atoms with van der Waals surface area (Å²) in [4.78, 5) is 40.9. The molecule has 198 valence electrons. The van der Waals surface area contributed by atoms with Crippen LogP contribution in [-0.4, -0.2) is 45.6 Å². The number of alkyl carbamates (subject to hydrolysis) is 1. The van der Waals surface area contributed by atoms with Crippen LogP contribution in [0.1, 0.15) is 90.3 Å². The van der Waals surface area contributed by atoms with Gasteiger partial charge in [0.25, 0.3) is 5.91 Å². The predicted octanol–water partition coefficient (Wildman–Crippen LogP) is 4.55. The number of amides is 3. The zero-order chi connectivity index (χ0) is 27.0. The van der Waals surface area contributed by atoms with Crippen molar-refractivity contribution >= 4 is 17.9 Å². The van der Waals surface area contributed by atoms with Crippen LogP contribution in [0.5, 0.6) is 5.75 Å². The number of hydrogen-bond acceptors (Lipinski definition) is 5. The highest BCUT2D eigenvalue weighted by Gasteiger charge is 2.38. The molecule has 2 rings (SSSR count). The molecule has 0 aromatic heterocycles. The van der Waals surface area contributed by atoms with E-state index in [1.54, 1.807) is 45.9 Å². The molecule has 3 N–H and O–H groups in total. The van der Waals surface area contributed by atoms with Crippen molar-refractivity contribution in [1.82, 2.24) is 15.5 Å². The summed E-state index contributed by atoms with van der Waals surface area (Å²) in [5.74, 6) is -1.15. The standard InChI is InChI=1S/C28H41N3O5/c1-8-31(26(34)22(17-18(2)3)30-27(35)36-28(5,6)7)23(21-16-12-13-19(4)24(21)32)25(33)29-20-14-10-9-11-15-20/h1,12-13,16,18,20,22-23,32H,9-11,14-15,17H2,2-7H3,(H,29,33)(H,30,35). The Morgan fingerprint density at radius 3 is 2.39 bits per heavy atom. The van der Waals surface area contributed by atoms with Gasteiger partial charge in [-0.3, -0.25) is 14.5 Å². The molecule has 0 bridgehead atoms. The van der Waals surface area contributed by atoms with Crippen molar-refractivity contribution in [1.29, 1.82) is 0 Å². The Labute approximate surface area is 215 Å². The third kappa shape index (κ3) is 8.18. The van der Waals surface area contributed by atoms with E-state index in [1.165, 1.54) is 0 Å². The molecular formula is C28H41N3O5. The molecule has 1 saturated carbocycles. The summed E-state index contributed by atoms with van der Waals surface area (Å²) in [6.07, 6.45) is 10.2. The molecule has 2 atom stereocenters. The number of aromatic hydroxyl groups is 1. The second kappa shape index (κ2) is 12.7.